The first-order chi connectivity index (χ1) is 8.89. The quantitative estimate of drug-likeness (QED) is 0.703. The van der Waals surface area contributed by atoms with E-state index in [-0.39, 0.29) is 11.4 Å². The molecule has 3 N–H and O–H groups in total. The van der Waals surface area contributed by atoms with Crippen molar-refractivity contribution in [3.05, 3.63) is 0 Å². The van der Waals surface area contributed by atoms with Crippen LogP contribution < -0.4 is 11.1 Å². The van der Waals surface area contributed by atoms with E-state index in [1.165, 1.54) is 19.3 Å². The molecule has 4 nitrogen and oxygen atoms in total. The Kier molecular flexibility index (Phi) is 6.27. The lowest BCUT2D eigenvalue weighted by Gasteiger charge is -2.47. The van der Waals surface area contributed by atoms with Gasteiger partial charge in [0, 0.05) is 18.5 Å². The molecule has 1 rings (SSSR count). The second-order valence-electron chi connectivity index (χ2n) is 6.68. The van der Waals surface area contributed by atoms with Crippen LogP contribution in [-0.2, 0) is 4.79 Å². The fraction of sp³-hybridized carbons (Fsp3) is 0.933. The Morgan fingerprint density at radius 2 is 2.00 bits per heavy atom. The molecule has 0 spiro atoms. The molecule has 0 aromatic heterocycles. The van der Waals surface area contributed by atoms with Crippen LogP contribution in [0.25, 0.3) is 0 Å². The molecule has 1 aliphatic carbocycles. The summed E-state index contributed by atoms with van der Waals surface area (Å²) >= 11 is 0. The van der Waals surface area contributed by atoms with Crippen LogP contribution in [-0.4, -0.2) is 43.5 Å². The number of amides is 1. The maximum absolute atomic E-state index is 12.0. The van der Waals surface area contributed by atoms with Gasteiger partial charge in [-0.05, 0) is 58.2 Å². The lowest BCUT2D eigenvalue weighted by Crippen LogP contribution is -2.57. The Morgan fingerprint density at radius 1 is 1.37 bits per heavy atom. The maximum atomic E-state index is 12.0. The minimum absolute atomic E-state index is 0.157. The van der Waals surface area contributed by atoms with Crippen molar-refractivity contribution in [2.45, 2.75) is 51.5 Å². The average Bonchev–Trinajstić information content (AvgIpc) is 2.25. The van der Waals surface area contributed by atoms with Gasteiger partial charge in [0.15, 0.2) is 0 Å². The predicted octanol–water partition coefficient (Wildman–Crippen LogP) is 1.60. The third kappa shape index (κ3) is 4.77. The zero-order valence-electron chi connectivity index (χ0n) is 13.0. The lowest BCUT2D eigenvalue weighted by atomic mass is 9.75. The van der Waals surface area contributed by atoms with Gasteiger partial charge in [0.1, 0.15) is 0 Å². The molecule has 1 unspecified atom stereocenters. The molecule has 0 aliphatic heterocycles. The molecule has 1 saturated carbocycles. The first kappa shape index (κ1) is 16.4. The second-order valence-corrected chi connectivity index (χ2v) is 6.68. The Balaban J connectivity index is 2.34. The van der Waals surface area contributed by atoms with Crippen molar-refractivity contribution in [3.63, 3.8) is 0 Å². The van der Waals surface area contributed by atoms with Gasteiger partial charge in [0.05, 0.1) is 0 Å². The summed E-state index contributed by atoms with van der Waals surface area (Å²) < 4.78 is 0. The van der Waals surface area contributed by atoms with Crippen molar-refractivity contribution < 1.29 is 4.79 Å². The molecule has 1 aliphatic rings. The topological polar surface area (TPSA) is 58.4 Å². The molecule has 0 bridgehead atoms. The molecule has 0 aromatic rings. The van der Waals surface area contributed by atoms with E-state index in [1.807, 2.05) is 0 Å². The molecule has 4 heteroatoms. The highest BCUT2D eigenvalue weighted by Gasteiger charge is 2.39. The Morgan fingerprint density at radius 3 is 2.37 bits per heavy atom. The van der Waals surface area contributed by atoms with Crippen LogP contribution in [0.1, 0.15) is 46.0 Å². The first-order valence-corrected chi connectivity index (χ1v) is 7.54. The third-order valence-corrected chi connectivity index (χ3v) is 4.46. The summed E-state index contributed by atoms with van der Waals surface area (Å²) in [7, 11) is 4.21. The summed E-state index contributed by atoms with van der Waals surface area (Å²) in [5.74, 6) is 1.07. The van der Waals surface area contributed by atoms with Crippen molar-refractivity contribution in [1.82, 2.24) is 10.2 Å². The number of nitrogens with zero attached hydrogens (tertiary/aromatic N) is 1. The zero-order chi connectivity index (χ0) is 14.5. The van der Waals surface area contributed by atoms with Gasteiger partial charge >= 0.3 is 0 Å². The van der Waals surface area contributed by atoms with Crippen molar-refractivity contribution in [2.24, 2.45) is 17.6 Å². The molecule has 1 amide bonds. The summed E-state index contributed by atoms with van der Waals surface area (Å²) in [5.41, 5.74) is 5.95. The van der Waals surface area contributed by atoms with E-state index in [1.54, 1.807) is 0 Å². The summed E-state index contributed by atoms with van der Waals surface area (Å²) in [5, 5.41) is 3.11. The molecule has 0 saturated heterocycles. The number of carbonyl (C=O) groups excluding carboxylic acids is 1. The number of rotatable bonds is 8. The molecule has 112 valence electrons. The fourth-order valence-corrected chi connectivity index (χ4v) is 2.89. The first-order valence-electron chi connectivity index (χ1n) is 7.54. The van der Waals surface area contributed by atoms with E-state index >= 15 is 0 Å². The van der Waals surface area contributed by atoms with E-state index in [0.29, 0.717) is 24.8 Å². The number of nitrogens with one attached hydrogen (secondary N) is 1. The van der Waals surface area contributed by atoms with Gasteiger partial charge in [0.2, 0.25) is 5.91 Å². The van der Waals surface area contributed by atoms with Crippen molar-refractivity contribution in [1.29, 1.82) is 0 Å². The molecular weight excluding hydrogens is 238 g/mol. The molecule has 1 fully saturated rings. The second kappa shape index (κ2) is 7.25. The summed E-state index contributed by atoms with van der Waals surface area (Å²) in [6.07, 6.45) is 5.24. The largest absolute Gasteiger partial charge is 0.354 e. The Labute approximate surface area is 118 Å². The van der Waals surface area contributed by atoms with Gasteiger partial charge in [-0.15, -0.1) is 0 Å². The van der Waals surface area contributed by atoms with Crippen molar-refractivity contribution in [2.75, 3.05) is 27.2 Å². The molecular formula is C15H31N3O. The summed E-state index contributed by atoms with van der Waals surface area (Å²) in [6.45, 7) is 5.73. The number of carbonyl (C=O) groups is 1. The summed E-state index contributed by atoms with van der Waals surface area (Å²) in [6, 6.07) is 0. The SMILES string of the molecule is CC(C)CC(CN)CC(=O)NCC1(N(C)C)CCC1. The number of likely N-dealkylation sites (N-methyl/N-ethyl adjacent to an activating group) is 1. The van der Waals surface area contributed by atoms with Gasteiger partial charge in [-0.2, -0.15) is 0 Å². The zero-order valence-corrected chi connectivity index (χ0v) is 13.0. The van der Waals surface area contributed by atoms with Crippen LogP contribution in [0.15, 0.2) is 0 Å². The third-order valence-electron chi connectivity index (χ3n) is 4.46. The molecule has 0 radical (unpaired) electrons. The normalized spacial score (nSPS) is 19.3. The number of hydrogen-bond acceptors (Lipinski definition) is 3. The number of hydrogen-bond donors (Lipinski definition) is 2. The number of nitrogens with two attached hydrogens (primary N) is 1. The van der Waals surface area contributed by atoms with Crippen LogP contribution in [0, 0.1) is 11.8 Å². The fourth-order valence-electron chi connectivity index (χ4n) is 2.89. The molecule has 0 aromatic carbocycles. The summed E-state index contributed by atoms with van der Waals surface area (Å²) in [4.78, 5) is 14.3. The highest BCUT2D eigenvalue weighted by molar-refractivity contribution is 5.76. The van der Waals surface area contributed by atoms with Crippen LogP contribution in [0.2, 0.25) is 0 Å². The van der Waals surface area contributed by atoms with E-state index in [9.17, 15) is 4.79 Å². The minimum atomic E-state index is 0.157. The van der Waals surface area contributed by atoms with Crippen LogP contribution in [0.5, 0.6) is 0 Å². The van der Waals surface area contributed by atoms with Gasteiger partial charge < -0.3 is 16.0 Å². The molecule has 19 heavy (non-hydrogen) atoms. The molecule has 1 atom stereocenters. The van der Waals surface area contributed by atoms with Gasteiger partial charge in [-0.25, -0.2) is 0 Å². The Bertz CT molecular complexity index is 285. The van der Waals surface area contributed by atoms with Crippen LogP contribution in [0.3, 0.4) is 0 Å². The maximum Gasteiger partial charge on any atom is 0.220 e. The van der Waals surface area contributed by atoms with E-state index < -0.39 is 0 Å². The van der Waals surface area contributed by atoms with Crippen molar-refractivity contribution in [3.8, 4) is 0 Å². The van der Waals surface area contributed by atoms with Gasteiger partial charge in [0.25, 0.3) is 0 Å². The molecule has 0 heterocycles. The predicted molar refractivity (Wildman–Crippen MR) is 79.9 cm³/mol. The minimum Gasteiger partial charge on any atom is -0.354 e. The monoisotopic (exact) mass is 269 g/mol. The highest BCUT2D eigenvalue weighted by Crippen LogP contribution is 2.35. The average molecular weight is 269 g/mol. The Hall–Kier alpha value is -0.610. The smallest absolute Gasteiger partial charge is 0.220 e. The standard InChI is InChI=1S/C15H31N3O/c1-12(2)8-13(10-16)9-14(19)17-11-15(18(3)4)6-5-7-15/h12-13H,5-11,16H2,1-4H3,(H,17,19). The van der Waals surface area contributed by atoms with Gasteiger partial charge in [-0.3, -0.25) is 4.79 Å². The lowest BCUT2D eigenvalue weighted by molar-refractivity contribution is -0.123. The van der Waals surface area contributed by atoms with E-state index in [4.69, 9.17) is 5.73 Å². The van der Waals surface area contributed by atoms with Crippen LogP contribution in [0.4, 0.5) is 0 Å². The van der Waals surface area contributed by atoms with Gasteiger partial charge in [-0.1, -0.05) is 13.8 Å². The van der Waals surface area contributed by atoms with E-state index in [0.717, 1.165) is 13.0 Å². The van der Waals surface area contributed by atoms with Crippen molar-refractivity contribution >= 4 is 5.91 Å². The van der Waals surface area contributed by atoms with E-state index in [2.05, 4.69) is 38.2 Å². The highest BCUT2D eigenvalue weighted by atomic mass is 16.1. The van der Waals surface area contributed by atoms with Crippen LogP contribution >= 0.6 is 0 Å².